The molecule has 1 saturated heterocycles. The topological polar surface area (TPSA) is 104 Å². The third kappa shape index (κ3) is 4.09. The molecule has 138 valence electrons. The van der Waals surface area contributed by atoms with Crippen LogP contribution in [0.4, 0.5) is 0 Å². The second-order valence-corrected chi connectivity index (χ2v) is 6.09. The lowest BCUT2D eigenvalue weighted by molar-refractivity contribution is -0.0332. The van der Waals surface area contributed by atoms with E-state index in [9.17, 15) is 14.4 Å². The van der Waals surface area contributed by atoms with E-state index < -0.39 is 11.2 Å². The molecule has 0 unspecified atom stereocenters. The summed E-state index contributed by atoms with van der Waals surface area (Å²) in [5.41, 5.74) is 0.294. The summed E-state index contributed by atoms with van der Waals surface area (Å²) < 4.78 is 10.7. The maximum Gasteiger partial charge on any atom is 0.325 e. The van der Waals surface area contributed by atoms with Crippen molar-refractivity contribution in [3.05, 3.63) is 56.9 Å². The lowest BCUT2D eigenvalue weighted by Gasteiger charge is -2.33. The van der Waals surface area contributed by atoms with E-state index in [1.54, 1.807) is 36.3 Å². The maximum absolute atomic E-state index is 12.8. The van der Waals surface area contributed by atoms with Crippen molar-refractivity contribution < 1.29 is 14.3 Å². The summed E-state index contributed by atoms with van der Waals surface area (Å²) in [6, 6.07) is 6.81. The van der Waals surface area contributed by atoms with Crippen LogP contribution in [0.3, 0.4) is 0 Å². The molecule has 1 aromatic heterocycles. The molecule has 0 radical (unpaired) electrons. The zero-order chi connectivity index (χ0) is 18.5. The summed E-state index contributed by atoms with van der Waals surface area (Å²) in [6.07, 6.45) is 2.03. The van der Waals surface area contributed by atoms with Crippen molar-refractivity contribution in [1.29, 1.82) is 0 Å². The molecule has 0 bridgehead atoms. The minimum atomic E-state index is -0.568. The van der Waals surface area contributed by atoms with Gasteiger partial charge in [0.2, 0.25) is 0 Å². The van der Waals surface area contributed by atoms with E-state index in [2.05, 4.69) is 9.97 Å². The van der Waals surface area contributed by atoms with Crippen LogP contribution in [0.1, 0.15) is 16.8 Å². The zero-order valence-electron chi connectivity index (χ0n) is 14.5. The molecule has 3 rings (SSSR count). The lowest BCUT2D eigenvalue weighted by Crippen LogP contribution is -2.46. The largest absolute Gasteiger partial charge is 0.385 e. The number of ether oxygens (including phenoxy) is 2. The number of morpholine rings is 1. The van der Waals surface area contributed by atoms with Crippen molar-refractivity contribution in [3.8, 4) is 11.1 Å². The first kappa shape index (κ1) is 18.1. The average molecular weight is 359 g/mol. The number of benzene rings is 1. The molecule has 2 aromatic rings. The number of hydrogen-bond acceptors (Lipinski definition) is 5. The molecule has 8 nitrogen and oxygen atoms in total. The smallest absolute Gasteiger partial charge is 0.325 e. The van der Waals surface area contributed by atoms with Gasteiger partial charge >= 0.3 is 5.69 Å². The van der Waals surface area contributed by atoms with Crippen LogP contribution in [-0.4, -0.2) is 60.3 Å². The summed E-state index contributed by atoms with van der Waals surface area (Å²) in [5.74, 6) is -0.113. The van der Waals surface area contributed by atoms with Crippen LogP contribution in [0, 0.1) is 0 Å². The highest BCUT2D eigenvalue weighted by atomic mass is 16.5. The molecule has 0 saturated carbocycles. The predicted molar refractivity (Wildman–Crippen MR) is 95.3 cm³/mol. The monoisotopic (exact) mass is 359 g/mol. The molecule has 8 heteroatoms. The normalized spacial score (nSPS) is 17.3. The second kappa shape index (κ2) is 8.11. The van der Waals surface area contributed by atoms with Crippen LogP contribution >= 0.6 is 0 Å². The molecule has 0 spiro atoms. The fraction of sp³-hybridized carbons (Fsp3) is 0.389. The number of hydrogen-bond donors (Lipinski definition) is 2. The lowest BCUT2D eigenvalue weighted by atomic mass is 10.0. The quantitative estimate of drug-likeness (QED) is 0.814. The van der Waals surface area contributed by atoms with E-state index in [4.69, 9.17) is 9.47 Å². The summed E-state index contributed by atoms with van der Waals surface area (Å²) in [7, 11) is 1.63. The van der Waals surface area contributed by atoms with Crippen LogP contribution in [0.15, 0.2) is 40.1 Å². The number of amides is 1. The molecule has 1 amide bonds. The third-order valence-electron chi connectivity index (χ3n) is 4.31. The number of aromatic nitrogens is 2. The van der Waals surface area contributed by atoms with Crippen LogP contribution in [-0.2, 0) is 9.47 Å². The number of rotatable bonds is 5. The van der Waals surface area contributed by atoms with Gasteiger partial charge in [0.15, 0.2) is 0 Å². The van der Waals surface area contributed by atoms with Gasteiger partial charge in [-0.15, -0.1) is 0 Å². The number of methoxy groups -OCH3 is 1. The van der Waals surface area contributed by atoms with Gasteiger partial charge in [-0.2, -0.15) is 0 Å². The van der Waals surface area contributed by atoms with E-state index in [-0.39, 0.29) is 12.0 Å². The van der Waals surface area contributed by atoms with Gasteiger partial charge in [0.1, 0.15) is 0 Å². The Morgan fingerprint density at radius 2 is 2.23 bits per heavy atom. The summed E-state index contributed by atoms with van der Waals surface area (Å²) in [6.45, 7) is 2.09. The number of carbonyl (C=O) groups excluding carboxylic acids is 1. The highest BCUT2D eigenvalue weighted by Gasteiger charge is 2.25. The second-order valence-electron chi connectivity index (χ2n) is 6.09. The number of carbonyl (C=O) groups is 1. The molecule has 2 heterocycles. The molecule has 2 N–H and O–H groups in total. The zero-order valence-corrected chi connectivity index (χ0v) is 14.5. The van der Waals surface area contributed by atoms with Gasteiger partial charge in [-0.3, -0.25) is 14.6 Å². The van der Waals surface area contributed by atoms with Crippen molar-refractivity contribution in [2.45, 2.75) is 12.5 Å². The van der Waals surface area contributed by atoms with Gasteiger partial charge in [-0.1, -0.05) is 12.1 Å². The number of aromatic amines is 2. The SMILES string of the molecule is COCC[C@@H]1CN(C(=O)c2cccc(-c3c[nH]c(=O)[nH]c3=O)c2)CCO1. The van der Waals surface area contributed by atoms with Crippen LogP contribution < -0.4 is 11.2 Å². The van der Waals surface area contributed by atoms with Gasteiger partial charge in [-0.05, 0) is 24.1 Å². The Labute approximate surface area is 149 Å². The highest BCUT2D eigenvalue weighted by Crippen LogP contribution is 2.18. The van der Waals surface area contributed by atoms with Gasteiger partial charge < -0.3 is 19.4 Å². The summed E-state index contributed by atoms with van der Waals surface area (Å²) >= 11 is 0. The fourth-order valence-corrected chi connectivity index (χ4v) is 2.95. The van der Waals surface area contributed by atoms with Crippen molar-refractivity contribution in [1.82, 2.24) is 14.9 Å². The minimum absolute atomic E-state index is 0.0436. The van der Waals surface area contributed by atoms with E-state index in [1.165, 1.54) is 6.20 Å². The Bertz CT molecular complexity index is 889. The fourth-order valence-electron chi connectivity index (χ4n) is 2.95. The predicted octanol–water partition coefficient (Wildman–Crippen LogP) is 0.608. The van der Waals surface area contributed by atoms with Gasteiger partial charge in [0.05, 0.1) is 18.3 Å². The van der Waals surface area contributed by atoms with Crippen molar-refractivity contribution in [2.24, 2.45) is 0 Å². The van der Waals surface area contributed by atoms with E-state index in [1.807, 2.05) is 0 Å². The van der Waals surface area contributed by atoms with Gasteiger partial charge in [0.25, 0.3) is 11.5 Å². The Balaban J connectivity index is 1.80. The first-order valence-electron chi connectivity index (χ1n) is 8.40. The van der Waals surface area contributed by atoms with E-state index in [0.29, 0.717) is 43.0 Å². The number of nitrogens with zero attached hydrogens (tertiary/aromatic N) is 1. The summed E-state index contributed by atoms with van der Waals surface area (Å²) in [5, 5.41) is 0. The van der Waals surface area contributed by atoms with Crippen LogP contribution in [0.2, 0.25) is 0 Å². The number of H-pyrrole nitrogens is 2. The van der Waals surface area contributed by atoms with E-state index in [0.717, 1.165) is 6.42 Å². The number of nitrogens with one attached hydrogen (secondary N) is 2. The first-order chi connectivity index (χ1) is 12.6. The molecule has 1 fully saturated rings. The molecule has 1 aromatic carbocycles. The van der Waals surface area contributed by atoms with Crippen LogP contribution in [0.5, 0.6) is 0 Å². The van der Waals surface area contributed by atoms with Crippen molar-refractivity contribution in [3.63, 3.8) is 0 Å². The molecule has 26 heavy (non-hydrogen) atoms. The standard InChI is InChI=1S/C18H21N3O5/c1-25-7-5-14-11-21(6-8-26-14)17(23)13-4-2-3-12(9-13)15-10-19-18(24)20-16(15)22/h2-4,9-10,14H,5-8,11H2,1H3,(H2,19,20,22,24)/t14-/m1/s1. The Morgan fingerprint density at radius 3 is 3.00 bits per heavy atom. The molecule has 0 aliphatic carbocycles. The molecular weight excluding hydrogens is 338 g/mol. The van der Waals surface area contributed by atoms with Crippen molar-refractivity contribution in [2.75, 3.05) is 33.4 Å². The van der Waals surface area contributed by atoms with Crippen molar-refractivity contribution >= 4 is 5.91 Å². The average Bonchev–Trinajstić information content (AvgIpc) is 2.66. The van der Waals surface area contributed by atoms with Gasteiger partial charge in [0, 0.05) is 38.6 Å². The van der Waals surface area contributed by atoms with Crippen LogP contribution in [0.25, 0.3) is 11.1 Å². The Kier molecular flexibility index (Phi) is 5.65. The first-order valence-corrected chi connectivity index (χ1v) is 8.40. The Morgan fingerprint density at radius 1 is 1.38 bits per heavy atom. The minimum Gasteiger partial charge on any atom is -0.385 e. The molecular formula is C18H21N3O5. The highest BCUT2D eigenvalue weighted by molar-refractivity contribution is 5.95. The summed E-state index contributed by atoms with van der Waals surface area (Å²) in [4.78, 5) is 42.3. The maximum atomic E-state index is 12.8. The molecule has 1 aliphatic heterocycles. The molecule has 1 atom stereocenters. The third-order valence-corrected chi connectivity index (χ3v) is 4.31. The molecule has 1 aliphatic rings. The Hall–Kier alpha value is -2.71. The van der Waals surface area contributed by atoms with Gasteiger partial charge in [-0.25, -0.2) is 4.79 Å². The van der Waals surface area contributed by atoms with E-state index >= 15 is 0 Å².